The van der Waals surface area contributed by atoms with Crippen LogP contribution in [0.15, 0.2) is 76.6 Å². The number of ether oxygens (including phenoxy) is 1. The second-order valence-corrected chi connectivity index (χ2v) is 15.0. The number of carbonyl (C=O) groups is 1. The molecule has 0 radical (unpaired) electrons. The Morgan fingerprint density at radius 3 is 2.40 bits per heavy atom. The standard InChI is InChI=1S/C31H36ClN5O2S/c1-21(33)37-28-17-14-25(19-27(28)31(35-20-29(37)34)22-8-10-23(32)11-9-22)39-18-6-5-7-30(38)36-24-12-15-26(16-13-24)40(2,3)4/h8-17,19,33-34H,5-7,18,20H2,1-4H3,(H,36,38). The molecule has 0 bridgehead atoms. The van der Waals surface area contributed by atoms with Gasteiger partial charge in [0.05, 0.1) is 24.6 Å². The van der Waals surface area contributed by atoms with Crippen molar-refractivity contribution in [2.75, 3.05) is 42.1 Å². The van der Waals surface area contributed by atoms with Crippen LogP contribution in [0.1, 0.15) is 37.3 Å². The van der Waals surface area contributed by atoms with Crippen molar-refractivity contribution in [1.29, 1.82) is 10.8 Å². The Morgan fingerprint density at radius 2 is 1.75 bits per heavy atom. The normalized spacial score (nSPS) is 13.7. The number of anilines is 2. The van der Waals surface area contributed by atoms with Crippen molar-refractivity contribution in [2.45, 2.75) is 31.1 Å². The van der Waals surface area contributed by atoms with Gasteiger partial charge in [0.25, 0.3) is 0 Å². The second-order valence-electron chi connectivity index (χ2n) is 10.4. The minimum Gasteiger partial charge on any atom is -0.494 e. The lowest BCUT2D eigenvalue weighted by Crippen LogP contribution is -2.35. The van der Waals surface area contributed by atoms with Crippen LogP contribution < -0.4 is 15.0 Å². The molecule has 4 rings (SSSR count). The summed E-state index contributed by atoms with van der Waals surface area (Å²) in [5, 5.41) is 20.3. The average Bonchev–Trinajstić information content (AvgIpc) is 3.04. The smallest absolute Gasteiger partial charge is 0.224 e. The molecule has 40 heavy (non-hydrogen) atoms. The molecular weight excluding hydrogens is 542 g/mol. The molecule has 0 aliphatic carbocycles. The molecule has 0 fully saturated rings. The Bertz CT molecular complexity index is 1430. The number of unbranched alkanes of at least 4 members (excludes halogenated alkanes) is 1. The maximum Gasteiger partial charge on any atom is 0.224 e. The lowest BCUT2D eigenvalue weighted by Gasteiger charge is -2.25. The average molecular weight is 578 g/mol. The molecule has 9 heteroatoms. The first-order valence-electron chi connectivity index (χ1n) is 13.1. The number of rotatable bonds is 9. The van der Waals surface area contributed by atoms with E-state index >= 15 is 0 Å². The Balaban J connectivity index is 1.38. The van der Waals surface area contributed by atoms with E-state index in [1.807, 2.05) is 54.6 Å². The molecule has 1 heterocycles. The number of carbonyl (C=O) groups excluding carboxylic acids is 1. The largest absolute Gasteiger partial charge is 0.494 e. The number of nitrogens with one attached hydrogen (secondary N) is 3. The van der Waals surface area contributed by atoms with Gasteiger partial charge in [-0.25, -0.2) is 10.0 Å². The van der Waals surface area contributed by atoms with E-state index in [0.29, 0.717) is 35.9 Å². The predicted molar refractivity (Wildman–Crippen MR) is 170 cm³/mol. The maximum atomic E-state index is 12.4. The van der Waals surface area contributed by atoms with Crippen molar-refractivity contribution in [2.24, 2.45) is 4.99 Å². The van der Waals surface area contributed by atoms with Crippen LogP contribution in [0.5, 0.6) is 5.75 Å². The Labute approximate surface area is 242 Å². The molecule has 1 aliphatic heterocycles. The van der Waals surface area contributed by atoms with Gasteiger partial charge in [0.2, 0.25) is 5.91 Å². The number of aliphatic imine (C=N–C) groups is 1. The van der Waals surface area contributed by atoms with E-state index in [1.165, 1.54) is 4.90 Å². The van der Waals surface area contributed by atoms with Crippen LogP contribution in [-0.4, -0.2) is 55.2 Å². The summed E-state index contributed by atoms with van der Waals surface area (Å²) in [6, 6.07) is 21.2. The summed E-state index contributed by atoms with van der Waals surface area (Å²) in [5.41, 5.74) is 3.91. The molecule has 0 aromatic heterocycles. The van der Waals surface area contributed by atoms with Gasteiger partial charge in [-0.1, -0.05) is 23.7 Å². The maximum absolute atomic E-state index is 12.4. The summed E-state index contributed by atoms with van der Waals surface area (Å²) >= 11 is 6.10. The van der Waals surface area contributed by atoms with E-state index in [1.54, 1.807) is 11.8 Å². The van der Waals surface area contributed by atoms with Crippen LogP contribution in [0.2, 0.25) is 5.02 Å². The van der Waals surface area contributed by atoms with Gasteiger partial charge in [0.1, 0.15) is 17.4 Å². The van der Waals surface area contributed by atoms with E-state index in [-0.39, 0.29) is 24.1 Å². The van der Waals surface area contributed by atoms with Crippen molar-refractivity contribution < 1.29 is 9.53 Å². The van der Waals surface area contributed by atoms with Gasteiger partial charge in [0, 0.05) is 28.3 Å². The fourth-order valence-corrected chi connectivity index (χ4v) is 5.51. The summed E-state index contributed by atoms with van der Waals surface area (Å²) in [4.78, 5) is 20.0. The van der Waals surface area contributed by atoms with Gasteiger partial charge in [-0.15, -0.1) is 0 Å². The molecule has 0 atom stereocenters. The van der Waals surface area contributed by atoms with Gasteiger partial charge in [-0.2, -0.15) is 0 Å². The third-order valence-electron chi connectivity index (χ3n) is 6.49. The zero-order chi connectivity index (χ0) is 28.9. The number of fused-ring (bicyclic) bond motifs is 1. The molecule has 1 aliphatic rings. The van der Waals surface area contributed by atoms with Crippen molar-refractivity contribution in [1.82, 2.24) is 0 Å². The number of hydrogen-bond acceptors (Lipinski definition) is 5. The van der Waals surface area contributed by atoms with E-state index in [0.717, 1.165) is 28.9 Å². The fraction of sp³-hybridized carbons (Fsp3) is 0.290. The minimum atomic E-state index is -0.786. The van der Waals surface area contributed by atoms with E-state index in [9.17, 15) is 4.79 Å². The molecular formula is C31H36ClN5O2S. The van der Waals surface area contributed by atoms with Crippen LogP contribution in [0, 0.1) is 10.8 Å². The second kappa shape index (κ2) is 12.7. The first kappa shape index (κ1) is 29.4. The first-order valence-corrected chi connectivity index (χ1v) is 16.3. The first-order chi connectivity index (χ1) is 19.0. The number of amidine groups is 2. The Morgan fingerprint density at radius 1 is 1.05 bits per heavy atom. The van der Waals surface area contributed by atoms with Crippen molar-refractivity contribution in [3.05, 3.63) is 82.9 Å². The lowest BCUT2D eigenvalue weighted by atomic mass is 9.99. The van der Waals surface area contributed by atoms with Crippen LogP contribution >= 0.6 is 21.6 Å². The molecule has 7 nitrogen and oxygen atoms in total. The molecule has 1 amide bonds. The number of benzene rings is 3. The van der Waals surface area contributed by atoms with Gasteiger partial charge in [-0.3, -0.25) is 25.5 Å². The zero-order valence-corrected chi connectivity index (χ0v) is 25.0. The highest BCUT2D eigenvalue weighted by atomic mass is 35.5. The molecule has 0 saturated heterocycles. The SMILES string of the molecule is CC(=N)N1C(=N)CN=C(c2ccc(Cl)cc2)c2cc(OCCCCC(=O)Nc3ccc(S(C)(C)C)cc3)ccc21. The zero-order valence-electron chi connectivity index (χ0n) is 23.4. The number of halogens is 1. The predicted octanol–water partition coefficient (Wildman–Crippen LogP) is 7.21. The Kier molecular flexibility index (Phi) is 9.32. The van der Waals surface area contributed by atoms with Gasteiger partial charge < -0.3 is 10.1 Å². The van der Waals surface area contributed by atoms with E-state index < -0.39 is 10.0 Å². The fourth-order valence-electron chi connectivity index (χ4n) is 4.43. The number of benzodiazepines with no additional fused rings is 1. The molecule has 0 unspecified atom stereocenters. The van der Waals surface area contributed by atoms with Gasteiger partial charge in [0.15, 0.2) is 0 Å². The van der Waals surface area contributed by atoms with Crippen molar-refractivity contribution in [3.8, 4) is 5.75 Å². The Hall–Kier alpha value is -3.62. The third-order valence-corrected chi connectivity index (χ3v) is 8.42. The molecule has 210 valence electrons. The molecule has 3 aromatic carbocycles. The summed E-state index contributed by atoms with van der Waals surface area (Å²) in [5.74, 6) is 1.14. The molecule has 3 N–H and O–H groups in total. The van der Waals surface area contributed by atoms with Crippen LogP contribution in [0.25, 0.3) is 0 Å². The summed E-state index contributed by atoms with van der Waals surface area (Å²) in [6.07, 6.45) is 8.60. The van der Waals surface area contributed by atoms with E-state index in [2.05, 4.69) is 36.2 Å². The topological polar surface area (TPSA) is 102 Å². The molecule has 3 aromatic rings. The summed E-state index contributed by atoms with van der Waals surface area (Å²) in [7, 11) is -0.786. The lowest BCUT2D eigenvalue weighted by molar-refractivity contribution is -0.116. The van der Waals surface area contributed by atoms with Crippen LogP contribution in [0.4, 0.5) is 11.4 Å². The van der Waals surface area contributed by atoms with Crippen molar-refractivity contribution in [3.63, 3.8) is 0 Å². The quantitative estimate of drug-likeness (QED) is 0.142. The van der Waals surface area contributed by atoms with Gasteiger partial charge >= 0.3 is 0 Å². The molecule has 0 spiro atoms. The van der Waals surface area contributed by atoms with Gasteiger partial charge in [-0.05, 0) is 98.0 Å². The molecule has 0 saturated carbocycles. The highest BCUT2D eigenvalue weighted by molar-refractivity contribution is 8.32. The number of hydrogen-bond donors (Lipinski definition) is 3. The summed E-state index contributed by atoms with van der Waals surface area (Å²) in [6.45, 7) is 2.28. The van der Waals surface area contributed by atoms with Crippen LogP contribution in [-0.2, 0) is 4.79 Å². The minimum absolute atomic E-state index is 0.00532. The van der Waals surface area contributed by atoms with E-state index in [4.69, 9.17) is 32.1 Å². The van der Waals surface area contributed by atoms with Crippen molar-refractivity contribution >= 4 is 56.3 Å². The summed E-state index contributed by atoms with van der Waals surface area (Å²) < 4.78 is 6.05. The monoisotopic (exact) mass is 577 g/mol. The highest BCUT2D eigenvalue weighted by Gasteiger charge is 2.25. The number of nitrogens with zero attached hydrogens (tertiary/aromatic N) is 2. The van der Waals surface area contributed by atoms with Crippen LogP contribution in [0.3, 0.4) is 0 Å². The highest BCUT2D eigenvalue weighted by Crippen LogP contribution is 2.45. The third kappa shape index (κ3) is 7.31. The number of amides is 1.